The van der Waals surface area contributed by atoms with Crippen molar-refractivity contribution >= 4 is 23.1 Å². The van der Waals surface area contributed by atoms with Crippen molar-refractivity contribution in [2.45, 2.75) is 6.92 Å². The van der Waals surface area contributed by atoms with Crippen molar-refractivity contribution in [3.63, 3.8) is 0 Å². The highest BCUT2D eigenvalue weighted by Gasteiger charge is 2.11. The van der Waals surface area contributed by atoms with Crippen LogP contribution >= 0.6 is 11.6 Å². The molecule has 0 amide bonds. The Morgan fingerprint density at radius 2 is 2.05 bits per heavy atom. The van der Waals surface area contributed by atoms with E-state index < -0.39 is 4.92 Å². The van der Waals surface area contributed by atoms with E-state index in [0.29, 0.717) is 21.9 Å². The molecule has 6 heteroatoms. The smallest absolute Gasteiger partial charge is 0.269 e. The van der Waals surface area contributed by atoms with Crippen molar-refractivity contribution < 1.29 is 14.5 Å². The van der Waals surface area contributed by atoms with E-state index in [2.05, 4.69) is 0 Å². The van der Waals surface area contributed by atoms with Gasteiger partial charge >= 0.3 is 0 Å². The number of hydrogen-bond acceptors (Lipinski definition) is 4. The van der Waals surface area contributed by atoms with Crippen LogP contribution in [0.3, 0.4) is 0 Å². The highest BCUT2D eigenvalue weighted by molar-refractivity contribution is 6.31. The highest BCUT2D eigenvalue weighted by Crippen LogP contribution is 2.23. The largest absolute Gasteiger partial charge is 0.485 e. The van der Waals surface area contributed by atoms with Gasteiger partial charge in [0, 0.05) is 22.7 Å². The molecular weight excluding hydrogens is 294 g/mol. The Labute approximate surface area is 126 Å². The Hall–Kier alpha value is -2.40. The third kappa shape index (κ3) is 3.79. The van der Waals surface area contributed by atoms with Gasteiger partial charge in [0.25, 0.3) is 5.69 Å². The summed E-state index contributed by atoms with van der Waals surface area (Å²) in [7, 11) is 0. The van der Waals surface area contributed by atoms with E-state index in [1.165, 1.54) is 18.2 Å². The number of Topliss-reactive ketones (excluding diaryl/α,β-unsaturated/α-hetero) is 1. The van der Waals surface area contributed by atoms with Gasteiger partial charge in [0.1, 0.15) is 5.75 Å². The number of nitro groups is 1. The third-order valence-corrected chi connectivity index (χ3v) is 3.11. The van der Waals surface area contributed by atoms with Crippen LogP contribution in [0.4, 0.5) is 5.69 Å². The van der Waals surface area contributed by atoms with Crippen molar-refractivity contribution in [1.82, 2.24) is 0 Å². The molecule has 0 saturated carbocycles. The number of nitrogens with zero attached hydrogens (tertiary/aromatic N) is 1. The number of carbonyl (C=O) groups is 1. The lowest BCUT2D eigenvalue weighted by Gasteiger charge is -2.08. The Kier molecular flexibility index (Phi) is 4.55. The molecule has 5 nitrogen and oxygen atoms in total. The van der Waals surface area contributed by atoms with Crippen LogP contribution in [-0.4, -0.2) is 17.3 Å². The molecule has 0 saturated heterocycles. The van der Waals surface area contributed by atoms with Gasteiger partial charge in [-0.25, -0.2) is 0 Å². The Morgan fingerprint density at radius 3 is 2.67 bits per heavy atom. The first kappa shape index (κ1) is 15.0. The molecule has 2 aromatic carbocycles. The second-order valence-corrected chi connectivity index (χ2v) is 4.87. The average molecular weight is 306 g/mol. The molecule has 0 aliphatic rings. The third-order valence-electron chi connectivity index (χ3n) is 2.87. The summed E-state index contributed by atoms with van der Waals surface area (Å²) in [4.78, 5) is 22.1. The Balaban J connectivity index is 2.06. The van der Waals surface area contributed by atoms with Crippen molar-refractivity contribution in [2.75, 3.05) is 6.61 Å². The second-order valence-electron chi connectivity index (χ2n) is 4.43. The van der Waals surface area contributed by atoms with Crippen LogP contribution in [0.5, 0.6) is 5.75 Å². The highest BCUT2D eigenvalue weighted by atomic mass is 35.5. The zero-order chi connectivity index (χ0) is 15.4. The minimum atomic E-state index is -0.478. The zero-order valence-corrected chi connectivity index (χ0v) is 12.0. The normalized spacial score (nSPS) is 10.2. The fourth-order valence-corrected chi connectivity index (χ4v) is 1.99. The summed E-state index contributed by atoms with van der Waals surface area (Å²) in [5, 5.41) is 11.1. The number of hydrogen-bond donors (Lipinski definition) is 0. The average Bonchev–Trinajstić information content (AvgIpc) is 2.45. The molecule has 108 valence electrons. The molecule has 0 radical (unpaired) electrons. The summed E-state index contributed by atoms with van der Waals surface area (Å²) >= 11 is 5.82. The second kappa shape index (κ2) is 6.37. The summed E-state index contributed by atoms with van der Waals surface area (Å²) in [6.07, 6.45) is 0. The first-order valence-electron chi connectivity index (χ1n) is 6.14. The SMILES string of the molecule is Cc1cc([N+](=O)[O-])ccc1OCC(=O)c1cccc(Cl)c1. The van der Waals surface area contributed by atoms with Gasteiger partial charge in [0.2, 0.25) is 0 Å². The predicted octanol–water partition coefficient (Wildman–Crippen LogP) is 3.82. The summed E-state index contributed by atoms with van der Waals surface area (Å²) < 4.78 is 5.41. The van der Waals surface area contributed by atoms with Crippen molar-refractivity contribution in [3.05, 3.63) is 68.7 Å². The lowest BCUT2D eigenvalue weighted by atomic mass is 10.1. The lowest BCUT2D eigenvalue weighted by molar-refractivity contribution is -0.384. The number of aryl methyl sites for hydroxylation is 1. The number of carbonyl (C=O) groups excluding carboxylic acids is 1. The van der Waals surface area contributed by atoms with Crippen LogP contribution in [0.2, 0.25) is 5.02 Å². The quantitative estimate of drug-likeness (QED) is 0.478. The van der Waals surface area contributed by atoms with Gasteiger partial charge in [0.15, 0.2) is 12.4 Å². The fraction of sp³-hybridized carbons (Fsp3) is 0.133. The first-order chi connectivity index (χ1) is 9.97. The molecule has 0 bridgehead atoms. The predicted molar refractivity (Wildman–Crippen MR) is 79.1 cm³/mol. The van der Waals surface area contributed by atoms with E-state index in [0.717, 1.165) is 0 Å². The van der Waals surface area contributed by atoms with Gasteiger partial charge in [-0.2, -0.15) is 0 Å². The number of nitro benzene ring substituents is 1. The minimum Gasteiger partial charge on any atom is -0.485 e. The molecular formula is C15H12ClNO4. The van der Waals surface area contributed by atoms with Crippen LogP contribution in [0.1, 0.15) is 15.9 Å². The topological polar surface area (TPSA) is 69.4 Å². The maximum atomic E-state index is 12.0. The zero-order valence-electron chi connectivity index (χ0n) is 11.2. The summed E-state index contributed by atoms with van der Waals surface area (Å²) in [6, 6.07) is 10.8. The molecule has 0 N–H and O–H groups in total. The minimum absolute atomic E-state index is 0.0129. The summed E-state index contributed by atoms with van der Waals surface area (Å²) in [5.41, 5.74) is 1.05. The molecule has 0 heterocycles. The van der Waals surface area contributed by atoms with Crippen LogP contribution in [0, 0.1) is 17.0 Å². The van der Waals surface area contributed by atoms with Gasteiger partial charge in [-0.1, -0.05) is 23.7 Å². The molecule has 0 aromatic heterocycles. The van der Waals surface area contributed by atoms with Crippen molar-refractivity contribution in [2.24, 2.45) is 0 Å². The van der Waals surface area contributed by atoms with Crippen LogP contribution < -0.4 is 4.74 Å². The number of ether oxygens (including phenoxy) is 1. The molecule has 2 aromatic rings. The molecule has 2 rings (SSSR count). The molecule has 21 heavy (non-hydrogen) atoms. The van der Waals surface area contributed by atoms with Gasteiger partial charge in [-0.05, 0) is 30.7 Å². The number of rotatable bonds is 5. The Bertz CT molecular complexity index is 700. The summed E-state index contributed by atoms with van der Waals surface area (Å²) in [6.45, 7) is 1.53. The lowest BCUT2D eigenvalue weighted by Crippen LogP contribution is -2.12. The van der Waals surface area contributed by atoms with Crippen LogP contribution in [0.25, 0.3) is 0 Å². The fourth-order valence-electron chi connectivity index (χ4n) is 1.80. The van der Waals surface area contributed by atoms with Crippen molar-refractivity contribution in [3.8, 4) is 5.75 Å². The standard InChI is InChI=1S/C15H12ClNO4/c1-10-7-13(17(19)20)5-6-15(10)21-9-14(18)11-3-2-4-12(16)8-11/h2-8H,9H2,1H3. The van der Waals surface area contributed by atoms with Gasteiger partial charge in [-0.3, -0.25) is 14.9 Å². The molecule has 0 aliphatic heterocycles. The van der Waals surface area contributed by atoms with E-state index in [-0.39, 0.29) is 18.1 Å². The summed E-state index contributed by atoms with van der Waals surface area (Å²) in [5.74, 6) is 0.228. The number of benzene rings is 2. The molecule has 0 aliphatic carbocycles. The molecule has 0 atom stereocenters. The molecule has 0 unspecified atom stereocenters. The van der Waals surface area contributed by atoms with E-state index in [1.807, 2.05) is 0 Å². The first-order valence-corrected chi connectivity index (χ1v) is 6.52. The molecule has 0 spiro atoms. The monoisotopic (exact) mass is 305 g/mol. The van der Waals surface area contributed by atoms with E-state index in [1.54, 1.807) is 31.2 Å². The number of non-ortho nitro benzene ring substituents is 1. The van der Waals surface area contributed by atoms with E-state index in [9.17, 15) is 14.9 Å². The molecule has 0 fully saturated rings. The van der Waals surface area contributed by atoms with Gasteiger partial charge in [0.05, 0.1) is 4.92 Å². The van der Waals surface area contributed by atoms with Crippen LogP contribution in [-0.2, 0) is 0 Å². The van der Waals surface area contributed by atoms with E-state index >= 15 is 0 Å². The maximum Gasteiger partial charge on any atom is 0.269 e. The van der Waals surface area contributed by atoms with Crippen molar-refractivity contribution in [1.29, 1.82) is 0 Å². The van der Waals surface area contributed by atoms with E-state index in [4.69, 9.17) is 16.3 Å². The van der Waals surface area contributed by atoms with Gasteiger partial charge < -0.3 is 4.74 Å². The number of halogens is 1. The maximum absolute atomic E-state index is 12.0. The van der Waals surface area contributed by atoms with Gasteiger partial charge in [-0.15, -0.1) is 0 Å². The number of ketones is 1. The van der Waals surface area contributed by atoms with Crippen LogP contribution in [0.15, 0.2) is 42.5 Å². The Morgan fingerprint density at radius 1 is 1.29 bits per heavy atom.